The summed E-state index contributed by atoms with van der Waals surface area (Å²) in [6.07, 6.45) is 4.51. The van der Waals surface area contributed by atoms with Gasteiger partial charge in [-0.05, 0) is 46.5 Å². The van der Waals surface area contributed by atoms with Crippen molar-refractivity contribution in [1.29, 1.82) is 0 Å². The highest BCUT2D eigenvalue weighted by atomic mass is 16.6. The molecule has 1 aromatic rings. The van der Waals surface area contributed by atoms with E-state index < -0.39 is 10.5 Å². The van der Waals surface area contributed by atoms with Gasteiger partial charge in [0.2, 0.25) is 0 Å². The van der Waals surface area contributed by atoms with Crippen molar-refractivity contribution in [2.24, 2.45) is 5.92 Å². The summed E-state index contributed by atoms with van der Waals surface area (Å²) in [6.45, 7) is 4.58. The average Bonchev–Trinajstić information content (AvgIpc) is 2.84. The van der Waals surface area contributed by atoms with E-state index in [2.05, 4.69) is 5.10 Å². The van der Waals surface area contributed by atoms with Crippen LogP contribution in [0.5, 0.6) is 0 Å². The molecule has 0 amide bonds. The van der Waals surface area contributed by atoms with Crippen molar-refractivity contribution in [2.75, 3.05) is 0 Å². The van der Waals surface area contributed by atoms with E-state index in [1.807, 2.05) is 0 Å². The lowest BCUT2D eigenvalue weighted by molar-refractivity contribution is -0.386. The van der Waals surface area contributed by atoms with Crippen LogP contribution in [0.15, 0.2) is 6.20 Å². The Balaban J connectivity index is 2.22. The second-order valence-corrected chi connectivity index (χ2v) is 6.28. The molecule has 0 aromatic carbocycles. The normalized spacial score (nSPS) is 23.0. The lowest BCUT2D eigenvalue weighted by Crippen LogP contribution is -2.23. The lowest BCUT2D eigenvalue weighted by atomic mass is 9.84. The summed E-state index contributed by atoms with van der Waals surface area (Å²) in [4.78, 5) is 22.0. The maximum atomic E-state index is 11.4. The molecule has 1 aromatic heterocycles. The summed E-state index contributed by atoms with van der Waals surface area (Å²) in [6, 6.07) is 0.0513. The summed E-state index contributed by atoms with van der Waals surface area (Å²) in [5.74, 6) is 0.303. The van der Waals surface area contributed by atoms with Crippen LogP contribution in [0.25, 0.3) is 0 Å². The Morgan fingerprint density at radius 2 is 2.00 bits per heavy atom. The number of nitro groups is 1. The van der Waals surface area contributed by atoms with Crippen LogP contribution >= 0.6 is 0 Å². The summed E-state index contributed by atoms with van der Waals surface area (Å²) in [5.41, 5.74) is -1.43. The molecule has 1 aliphatic rings. The van der Waals surface area contributed by atoms with Crippen molar-refractivity contribution >= 4 is 11.5 Å². The van der Waals surface area contributed by atoms with E-state index in [-0.39, 0.29) is 29.1 Å². The van der Waals surface area contributed by atoms with Gasteiger partial charge in [0.15, 0.2) is 5.69 Å². The van der Waals surface area contributed by atoms with Crippen molar-refractivity contribution in [3.8, 4) is 0 Å². The summed E-state index contributed by atoms with van der Waals surface area (Å²) < 4.78 is 1.59. The van der Waals surface area contributed by atoms with Gasteiger partial charge < -0.3 is 5.11 Å². The SMILES string of the molecule is CC(=O)[C@H]1CC[C@H](n2cc([N+](=O)[O-])c(C(C)(C)O)n2)CC1. The molecule has 1 aliphatic carbocycles. The molecule has 0 atom stereocenters. The highest BCUT2D eigenvalue weighted by Crippen LogP contribution is 2.35. The third-order valence-corrected chi connectivity index (χ3v) is 4.13. The minimum absolute atomic E-state index is 0.0513. The van der Waals surface area contributed by atoms with Crippen molar-refractivity contribution in [1.82, 2.24) is 9.78 Å². The van der Waals surface area contributed by atoms with Crippen LogP contribution in [0.3, 0.4) is 0 Å². The number of nitrogens with zero attached hydrogens (tertiary/aromatic N) is 3. The standard InChI is InChI=1S/C14H21N3O4/c1-9(18)10-4-6-11(7-5-10)16-8-12(17(20)21)13(15-16)14(2,3)19/h8,10-11,19H,4-7H2,1-3H3/t10-,11-. The summed E-state index contributed by atoms with van der Waals surface area (Å²) in [7, 11) is 0. The predicted octanol–water partition coefficient (Wildman–Crippen LogP) is 2.34. The second-order valence-electron chi connectivity index (χ2n) is 6.28. The van der Waals surface area contributed by atoms with Gasteiger partial charge in [0.1, 0.15) is 17.6 Å². The summed E-state index contributed by atoms with van der Waals surface area (Å²) >= 11 is 0. The van der Waals surface area contributed by atoms with Gasteiger partial charge in [0.25, 0.3) is 0 Å². The first kappa shape index (κ1) is 15.6. The maximum Gasteiger partial charge on any atom is 0.313 e. The smallest absolute Gasteiger partial charge is 0.313 e. The molecule has 0 radical (unpaired) electrons. The fourth-order valence-corrected chi connectivity index (χ4v) is 2.89. The van der Waals surface area contributed by atoms with Crippen molar-refractivity contribution < 1.29 is 14.8 Å². The van der Waals surface area contributed by atoms with E-state index in [0.717, 1.165) is 25.7 Å². The Bertz CT molecular complexity index is 551. The average molecular weight is 295 g/mol. The molecule has 1 fully saturated rings. The van der Waals surface area contributed by atoms with Gasteiger partial charge in [-0.3, -0.25) is 19.6 Å². The van der Waals surface area contributed by atoms with Gasteiger partial charge in [0, 0.05) is 5.92 Å². The van der Waals surface area contributed by atoms with Crippen LogP contribution in [-0.2, 0) is 10.4 Å². The molecular formula is C14H21N3O4. The zero-order valence-electron chi connectivity index (χ0n) is 12.6. The van der Waals surface area contributed by atoms with Crippen LogP contribution in [0, 0.1) is 16.0 Å². The fourth-order valence-electron chi connectivity index (χ4n) is 2.89. The summed E-state index contributed by atoms with van der Waals surface area (Å²) in [5, 5.41) is 25.4. The highest BCUT2D eigenvalue weighted by molar-refractivity contribution is 5.78. The van der Waals surface area contributed by atoms with Gasteiger partial charge in [-0.2, -0.15) is 5.10 Å². The van der Waals surface area contributed by atoms with Crippen LogP contribution < -0.4 is 0 Å². The molecule has 1 N–H and O–H groups in total. The van der Waals surface area contributed by atoms with Crippen LogP contribution in [-0.4, -0.2) is 25.6 Å². The number of hydrogen-bond donors (Lipinski definition) is 1. The molecule has 7 heteroatoms. The van der Waals surface area contributed by atoms with Crippen LogP contribution in [0.4, 0.5) is 5.69 Å². The maximum absolute atomic E-state index is 11.4. The molecule has 2 rings (SSSR count). The van der Waals surface area contributed by atoms with Gasteiger partial charge in [0.05, 0.1) is 11.0 Å². The van der Waals surface area contributed by atoms with Gasteiger partial charge >= 0.3 is 5.69 Å². The van der Waals surface area contributed by atoms with Crippen LogP contribution in [0.2, 0.25) is 0 Å². The van der Waals surface area contributed by atoms with E-state index in [0.29, 0.717) is 0 Å². The highest BCUT2D eigenvalue weighted by Gasteiger charge is 2.34. The first-order chi connectivity index (χ1) is 9.70. The monoisotopic (exact) mass is 295 g/mol. The van der Waals surface area contributed by atoms with Gasteiger partial charge in [-0.15, -0.1) is 0 Å². The quantitative estimate of drug-likeness (QED) is 0.679. The van der Waals surface area contributed by atoms with E-state index in [1.54, 1.807) is 11.6 Å². The Labute approximate surface area is 123 Å². The Kier molecular flexibility index (Phi) is 4.13. The molecule has 21 heavy (non-hydrogen) atoms. The molecule has 1 heterocycles. The molecule has 1 saturated carbocycles. The van der Waals surface area contributed by atoms with Crippen molar-refractivity contribution in [2.45, 2.75) is 58.1 Å². The number of ketones is 1. The molecule has 7 nitrogen and oxygen atoms in total. The van der Waals surface area contributed by atoms with E-state index in [4.69, 9.17) is 0 Å². The number of aliphatic hydroxyl groups is 1. The molecule has 0 unspecified atom stereocenters. The molecule has 0 aliphatic heterocycles. The van der Waals surface area contributed by atoms with E-state index in [9.17, 15) is 20.0 Å². The third kappa shape index (κ3) is 3.29. The fraction of sp³-hybridized carbons (Fsp3) is 0.714. The molecule has 0 saturated heterocycles. The first-order valence-corrected chi connectivity index (χ1v) is 7.17. The minimum Gasteiger partial charge on any atom is -0.384 e. The van der Waals surface area contributed by atoms with E-state index in [1.165, 1.54) is 20.0 Å². The third-order valence-electron chi connectivity index (χ3n) is 4.13. The second kappa shape index (κ2) is 5.55. The number of hydrogen-bond acceptors (Lipinski definition) is 5. The van der Waals surface area contributed by atoms with Crippen molar-refractivity contribution in [3.05, 3.63) is 22.0 Å². The first-order valence-electron chi connectivity index (χ1n) is 7.17. The van der Waals surface area contributed by atoms with Crippen molar-refractivity contribution in [3.63, 3.8) is 0 Å². The van der Waals surface area contributed by atoms with Crippen LogP contribution in [0.1, 0.15) is 58.2 Å². The minimum atomic E-state index is -1.36. The number of carbonyl (C=O) groups is 1. The zero-order chi connectivity index (χ0) is 15.8. The van der Waals surface area contributed by atoms with Gasteiger partial charge in [-0.1, -0.05) is 0 Å². The topological polar surface area (TPSA) is 98.3 Å². The molecule has 0 spiro atoms. The number of carbonyl (C=O) groups excluding carboxylic acids is 1. The number of aromatic nitrogens is 2. The van der Waals surface area contributed by atoms with Gasteiger partial charge in [-0.25, -0.2) is 0 Å². The Morgan fingerprint density at radius 3 is 2.38 bits per heavy atom. The van der Waals surface area contributed by atoms with E-state index >= 15 is 0 Å². The lowest BCUT2D eigenvalue weighted by Gasteiger charge is -2.27. The molecule has 0 bridgehead atoms. The molecular weight excluding hydrogens is 274 g/mol. The number of rotatable bonds is 4. The Morgan fingerprint density at radius 1 is 1.43 bits per heavy atom. The Hall–Kier alpha value is -1.76. The molecule has 116 valence electrons. The number of Topliss-reactive ketones (excluding diaryl/α,β-unsaturated/α-hetero) is 1. The largest absolute Gasteiger partial charge is 0.384 e. The zero-order valence-corrected chi connectivity index (χ0v) is 12.6. The predicted molar refractivity (Wildman–Crippen MR) is 75.8 cm³/mol.